The van der Waals surface area contributed by atoms with E-state index in [9.17, 15) is 0 Å². The molecular weight excluding hydrogens is 264 g/mol. The molecule has 0 atom stereocenters. The smallest absolute Gasteiger partial charge is 0.231 e. The Bertz CT molecular complexity index is 495. The summed E-state index contributed by atoms with van der Waals surface area (Å²) in [5, 5.41) is 6.53. The molecule has 1 heterocycles. The van der Waals surface area contributed by atoms with Crippen LogP contribution in [0.5, 0.6) is 0 Å². The van der Waals surface area contributed by atoms with Crippen LogP contribution in [0.1, 0.15) is 34.6 Å². The highest BCUT2D eigenvalue weighted by atomic mass is 15.3. The molecule has 0 radical (unpaired) electrons. The zero-order chi connectivity index (χ0) is 15.8. The average Bonchev–Trinajstić information content (AvgIpc) is 2.77. The van der Waals surface area contributed by atoms with Crippen LogP contribution in [0.3, 0.4) is 0 Å². The number of nitrogens with one attached hydrogen (secondary N) is 2. The van der Waals surface area contributed by atoms with Gasteiger partial charge in [0.05, 0.1) is 0 Å². The molecule has 1 aromatic heterocycles. The van der Waals surface area contributed by atoms with Gasteiger partial charge in [0.2, 0.25) is 17.8 Å². The normalized spacial score (nSPS) is 19.2. The highest BCUT2D eigenvalue weighted by Crippen LogP contribution is 2.68. The first-order chi connectivity index (χ1) is 9.70. The van der Waals surface area contributed by atoms with Crippen LogP contribution in [0, 0.1) is 16.7 Å². The Kier molecular flexibility index (Phi) is 4.00. The van der Waals surface area contributed by atoms with E-state index in [2.05, 4.69) is 53.3 Å². The van der Waals surface area contributed by atoms with Gasteiger partial charge >= 0.3 is 0 Å². The largest absolute Gasteiger partial charge is 0.354 e. The van der Waals surface area contributed by atoms with E-state index in [1.54, 1.807) is 0 Å². The molecule has 0 bridgehead atoms. The quantitative estimate of drug-likeness (QED) is 0.839. The minimum Gasteiger partial charge on any atom is -0.354 e. The van der Waals surface area contributed by atoms with Crippen molar-refractivity contribution in [1.29, 1.82) is 0 Å². The van der Waals surface area contributed by atoms with E-state index in [1.807, 2.05) is 25.9 Å². The van der Waals surface area contributed by atoms with Crippen LogP contribution in [0.25, 0.3) is 0 Å². The molecule has 0 amide bonds. The maximum atomic E-state index is 4.46. The molecule has 1 aliphatic rings. The molecule has 6 nitrogen and oxygen atoms in total. The van der Waals surface area contributed by atoms with Crippen molar-refractivity contribution < 1.29 is 0 Å². The van der Waals surface area contributed by atoms with Crippen molar-refractivity contribution in [2.45, 2.75) is 34.6 Å². The molecule has 0 aliphatic heterocycles. The van der Waals surface area contributed by atoms with E-state index in [1.165, 1.54) is 0 Å². The molecule has 0 aromatic carbocycles. The van der Waals surface area contributed by atoms with Gasteiger partial charge in [0.25, 0.3) is 0 Å². The first-order valence-corrected chi connectivity index (χ1v) is 7.61. The van der Waals surface area contributed by atoms with E-state index >= 15 is 0 Å². The lowest BCUT2D eigenvalue weighted by atomic mass is 10.0. The third kappa shape index (κ3) is 2.89. The van der Waals surface area contributed by atoms with E-state index in [-0.39, 0.29) is 0 Å². The van der Waals surface area contributed by atoms with Gasteiger partial charge in [0, 0.05) is 27.2 Å². The Morgan fingerprint density at radius 1 is 0.952 bits per heavy atom. The maximum Gasteiger partial charge on any atom is 0.231 e. The molecule has 2 N–H and O–H groups in total. The average molecular weight is 292 g/mol. The molecule has 1 saturated carbocycles. The number of nitrogens with zero attached hydrogens (tertiary/aromatic N) is 4. The molecule has 118 valence electrons. The highest BCUT2D eigenvalue weighted by Gasteiger charge is 2.64. The number of hydrogen-bond acceptors (Lipinski definition) is 6. The van der Waals surface area contributed by atoms with Crippen LogP contribution in [0.2, 0.25) is 0 Å². The fraction of sp³-hybridized carbons (Fsp3) is 0.800. The summed E-state index contributed by atoms with van der Waals surface area (Å²) in [4.78, 5) is 15.2. The fourth-order valence-electron chi connectivity index (χ4n) is 2.92. The summed E-state index contributed by atoms with van der Waals surface area (Å²) >= 11 is 0. The molecular formula is C15H28N6. The number of aromatic nitrogens is 3. The SMILES string of the molecule is CCNc1nc(NCC2C(C)(C)C2(C)C)nc(N(C)C)n1. The zero-order valence-electron chi connectivity index (χ0n) is 14.3. The summed E-state index contributed by atoms with van der Waals surface area (Å²) in [6.07, 6.45) is 0. The Balaban J connectivity index is 2.09. The Morgan fingerprint density at radius 3 is 1.90 bits per heavy atom. The van der Waals surface area contributed by atoms with Gasteiger partial charge in [-0.1, -0.05) is 27.7 Å². The highest BCUT2D eigenvalue weighted by molar-refractivity contribution is 5.43. The molecule has 0 spiro atoms. The van der Waals surface area contributed by atoms with Crippen molar-refractivity contribution >= 4 is 17.8 Å². The minimum atomic E-state index is 0.363. The van der Waals surface area contributed by atoms with Gasteiger partial charge in [-0.05, 0) is 23.7 Å². The van der Waals surface area contributed by atoms with Gasteiger partial charge in [0.1, 0.15) is 0 Å². The van der Waals surface area contributed by atoms with E-state index in [0.29, 0.717) is 34.6 Å². The minimum absolute atomic E-state index is 0.363. The summed E-state index contributed by atoms with van der Waals surface area (Å²) < 4.78 is 0. The summed E-state index contributed by atoms with van der Waals surface area (Å²) in [5.74, 6) is 2.56. The third-order valence-electron chi connectivity index (χ3n) is 5.14. The van der Waals surface area contributed by atoms with Gasteiger partial charge in [0.15, 0.2) is 0 Å². The van der Waals surface area contributed by atoms with Gasteiger partial charge < -0.3 is 15.5 Å². The summed E-state index contributed by atoms with van der Waals surface area (Å²) in [7, 11) is 3.86. The summed E-state index contributed by atoms with van der Waals surface area (Å²) in [5.41, 5.74) is 0.726. The monoisotopic (exact) mass is 292 g/mol. The van der Waals surface area contributed by atoms with Gasteiger partial charge in [-0.2, -0.15) is 15.0 Å². The van der Waals surface area contributed by atoms with Crippen LogP contribution in [0.15, 0.2) is 0 Å². The first kappa shape index (κ1) is 15.8. The zero-order valence-corrected chi connectivity index (χ0v) is 14.3. The fourth-order valence-corrected chi connectivity index (χ4v) is 2.92. The number of hydrogen-bond donors (Lipinski definition) is 2. The predicted molar refractivity (Wildman–Crippen MR) is 87.9 cm³/mol. The molecule has 0 saturated heterocycles. The standard InChI is InChI=1S/C15H28N6/c1-8-16-11-18-12(20-13(19-11)21(6)7)17-9-10-14(2,3)15(10,4)5/h10H,8-9H2,1-7H3,(H2,16,17,18,19,20). The van der Waals surface area contributed by atoms with Crippen molar-refractivity contribution in [3.05, 3.63) is 0 Å². The molecule has 0 unspecified atom stereocenters. The van der Waals surface area contributed by atoms with Crippen LogP contribution in [0.4, 0.5) is 17.8 Å². The van der Waals surface area contributed by atoms with Gasteiger partial charge in [-0.25, -0.2) is 0 Å². The van der Waals surface area contributed by atoms with Crippen LogP contribution in [-0.4, -0.2) is 42.1 Å². The Labute approximate surface area is 127 Å². The lowest BCUT2D eigenvalue weighted by molar-refractivity contribution is 0.457. The molecule has 21 heavy (non-hydrogen) atoms. The van der Waals surface area contributed by atoms with Crippen LogP contribution >= 0.6 is 0 Å². The van der Waals surface area contributed by atoms with Crippen molar-refractivity contribution in [2.75, 3.05) is 42.7 Å². The van der Waals surface area contributed by atoms with Gasteiger partial charge in [-0.3, -0.25) is 0 Å². The second-order valence-corrected chi connectivity index (χ2v) is 7.08. The first-order valence-electron chi connectivity index (χ1n) is 7.61. The molecule has 1 aromatic rings. The van der Waals surface area contributed by atoms with Gasteiger partial charge in [-0.15, -0.1) is 0 Å². The summed E-state index contributed by atoms with van der Waals surface area (Å²) in [6.45, 7) is 13.0. The van der Waals surface area contributed by atoms with Crippen molar-refractivity contribution in [3.8, 4) is 0 Å². The molecule has 6 heteroatoms. The second kappa shape index (κ2) is 5.31. The van der Waals surface area contributed by atoms with E-state index in [0.717, 1.165) is 13.1 Å². The number of rotatable bonds is 6. The van der Waals surface area contributed by atoms with Crippen molar-refractivity contribution in [2.24, 2.45) is 16.7 Å². The molecule has 2 rings (SSSR count). The molecule has 1 aliphatic carbocycles. The Hall–Kier alpha value is -1.59. The van der Waals surface area contributed by atoms with E-state index < -0.39 is 0 Å². The third-order valence-corrected chi connectivity index (χ3v) is 5.14. The van der Waals surface area contributed by atoms with Crippen molar-refractivity contribution in [3.63, 3.8) is 0 Å². The van der Waals surface area contributed by atoms with Crippen molar-refractivity contribution in [1.82, 2.24) is 15.0 Å². The van der Waals surface area contributed by atoms with E-state index in [4.69, 9.17) is 0 Å². The number of anilines is 3. The topological polar surface area (TPSA) is 66.0 Å². The van der Waals surface area contributed by atoms with Crippen LogP contribution < -0.4 is 15.5 Å². The second-order valence-electron chi connectivity index (χ2n) is 7.08. The lowest BCUT2D eigenvalue weighted by Gasteiger charge is -2.14. The molecule has 1 fully saturated rings. The lowest BCUT2D eigenvalue weighted by Crippen LogP contribution is -2.18. The predicted octanol–water partition coefficient (Wildman–Crippen LogP) is 2.46. The maximum absolute atomic E-state index is 4.46. The van der Waals surface area contributed by atoms with Crippen LogP contribution in [-0.2, 0) is 0 Å². The Morgan fingerprint density at radius 2 is 1.48 bits per heavy atom. The summed E-state index contributed by atoms with van der Waals surface area (Å²) in [6, 6.07) is 0.